The average molecular weight is 631 g/mol. The zero-order valence-electron chi connectivity index (χ0n) is 26.1. The molecule has 2 heterocycles. The highest BCUT2D eigenvalue weighted by Crippen LogP contribution is 2.36. The second kappa shape index (κ2) is 13.0. The highest BCUT2D eigenvalue weighted by molar-refractivity contribution is 5.85. The minimum Gasteiger partial charge on any atom is -0.416 e. The number of nitrogens with zero attached hydrogens (tertiary/aromatic N) is 6. The number of rotatable bonds is 7. The Kier molecular flexibility index (Phi) is 7.79. The van der Waals surface area contributed by atoms with Gasteiger partial charge in [-0.2, -0.15) is 5.26 Å². The summed E-state index contributed by atoms with van der Waals surface area (Å²) in [5, 5.41) is 18.0. The van der Waals surface area contributed by atoms with Crippen LogP contribution in [0.3, 0.4) is 0 Å². The van der Waals surface area contributed by atoms with Crippen LogP contribution in [0.4, 0.5) is 0 Å². The van der Waals surface area contributed by atoms with Crippen molar-refractivity contribution in [2.45, 2.75) is 0 Å². The van der Waals surface area contributed by atoms with E-state index < -0.39 is 0 Å². The number of nitriles is 1. The van der Waals surface area contributed by atoms with Crippen LogP contribution in [0.2, 0.25) is 0 Å². The molecule has 49 heavy (non-hydrogen) atoms. The maximum absolute atomic E-state index is 9.34. The van der Waals surface area contributed by atoms with E-state index in [4.69, 9.17) is 19.4 Å². The second-order valence-electron chi connectivity index (χ2n) is 11.3. The summed E-state index contributed by atoms with van der Waals surface area (Å²) in [5.41, 5.74) is 8.69. The van der Waals surface area contributed by atoms with Crippen molar-refractivity contribution >= 4 is 0 Å². The van der Waals surface area contributed by atoms with Gasteiger partial charge < -0.3 is 4.42 Å². The first kappa shape index (κ1) is 29.4. The number of benzene rings is 6. The predicted octanol–water partition coefficient (Wildman–Crippen LogP) is 9.80. The molecule has 6 aromatic carbocycles. The molecule has 8 rings (SSSR count). The molecule has 0 N–H and O–H groups in total. The fraction of sp³-hybridized carbons (Fsp3) is 0. The maximum atomic E-state index is 9.34. The SMILES string of the molecule is N#Cc1ccc(-c2ccccc2-c2nc(-c3ccccc3)nc(-c3ccccc3-c3cccc(-c4nnc(-c5ccccc5)o4)c3)n2)cc1. The van der Waals surface area contributed by atoms with Crippen LogP contribution in [0.1, 0.15) is 5.56 Å². The molecule has 0 aliphatic carbocycles. The standard InChI is InChI=1S/C42H26N6O/c43-27-28-22-24-29(25-23-28)34-18-7-9-20-36(34)39-44-38(30-12-3-1-4-13-30)45-40(46-39)37-21-10-8-19-35(37)32-16-11-17-33(26-32)42-48-47-41(49-42)31-14-5-2-6-15-31/h1-26H. The van der Waals surface area contributed by atoms with Crippen LogP contribution < -0.4 is 0 Å². The van der Waals surface area contributed by atoms with E-state index in [0.717, 1.165) is 50.1 Å². The Morgan fingerprint density at radius 2 is 0.857 bits per heavy atom. The van der Waals surface area contributed by atoms with Crippen molar-refractivity contribution in [3.63, 3.8) is 0 Å². The lowest BCUT2D eigenvalue weighted by molar-refractivity contribution is 0.584. The summed E-state index contributed by atoms with van der Waals surface area (Å²) in [5.74, 6) is 2.56. The van der Waals surface area contributed by atoms with Gasteiger partial charge in [0, 0.05) is 27.8 Å². The zero-order valence-corrected chi connectivity index (χ0v) is 26.1. The van der Waals surface area contributed by atoms with Crippen molar-refractivity contribution in [1.82, 2.24) is 25.1 Å². The van der Waals surface area contributed by atoms with Gasteiger partial charge in [-0.25, -0.2) is 15.0 Å². The van der Waals surface area contributed by atoms with Gasteiger partial charge in [-0.15, -0.1) is 10.2 Å². The van der Waals surface area contributed by atoms with Crippen molar-refractivity contribution in [3.05, 3.63) is 163 Å². The Morgan fingerprint density at radius 1 is 0.388 bits per heavy atom. The summed E-state index contributed by atoms with van der Waals surface area (Å²) < 4.78 is 6.08. The molecule has 0 aliphatic rings. The van der Waals surface area contributed by atoms with Crippen LogP contribution in [0.25, 0.3) is 79.3 Å². The van der Waals surface area contributed by atoms with Gasteiger partial charge in [-0.3, -0.25) is 0 Å². The summed E-state index contributed by atoms with van der Waals surface area (Å²) in [6, 6.07) is 53.6. The van der Waals surface area contributed by atoms with Gasteiger partial charge >= 0.3 is 0 Å². The van der Waals surface area contributed by atoms with Crippen molar-refractivity contribution in [3.8, 4) is 85.4 Å². The van der Waals surface area contributed by atoms with Crippen LogP contribution in [0, 0.1) is 11.3 Å². The van der Waals surface area contributed by atoms with E-state index in [9.17, 15) is 5.26 Å². The largest absolute Gasteiger partial charge is 0.416 e. The van der Waals surface area contributed by atoms with E-state index in [-0.39, 0.29) is 0 Å². The van der Waals surface area contributed by atoms with Crippen molar-refractivity contribution in [1.29, 1.82) is 5.26 Å². The summed E-state index contributed by atoms with van der Waals surface area (Å²) in [7, 11) is 0. The van der Waals surface area contributed by atoms with E-state index in [1.807, 2.05) is 146 Å². The van der Waals surface area contributed by atoms with Gasteiger partial charge in [-0.1, -0.05) is 121 Å². The molecule has 7 heteroatoms. The monoisotopic (exact) mass is 630 g/mol. The number of hydrogen-bond acceptors (Lipinski definition) is 7. The molecule has 0 fully saturated rings. The van der Waals surface area contributed by atoms with E-state index in [0.29, 0.717) is 34.8 Å². The Hall–Kier alpha value is -7.04. The molecule has 2 aromatic heterocycles. The molecule has 0 atom stereocenters. The topological polar surface area (TPSA) is 101 Å². The molecular formula is C42H26N6O. The molecule has 230 valence electrons. The van der Waals surface area contributed by atoms with Crippen LogP contribution >= 0.6 is 0 Å². The molecule has 0 radical (unpaired) electrons. The smallest absolute Gasteiger partial charge is 0.248 e. The third-order valence-corrected chi connectivity index (χ3v) is 8.19. The Labute approximate surface area is 282 Å². The fourth-order valence-electron chi connectivity index (χ4n) is 5.77. The lowest BCUT2D eigenvalue weighted by atomic mass is 9.97. The molecule has 0 bridgehead atoms. The van der Waals surface area contributed by atoms with Crippen molar-refractivity contribution in [2.24, 2.45) is 0 Å². The summed E-state index contributed by atoms with van der Waals surface area (Å²) >= 11 is 0. The van der Waals surface area contributed by atoms with Gasteiger partial charge in [-0.05, 0) is 58.7 Å². The highest BCUT2D eigenvalue weighted by Gasteiger charge is 2.18. The van der Waals surface area contributed by atoms with E-state index in [2.05, 4.69) is 28.4 Å². The van der Waals surface area contributed by atoms with Crippen molar-refractivity contribution < 1.29 is 4.42 Å². The Bertz CT molecular complexity index is 2450. The second-order valence-corrected chi connectivity index (χ2v) is 11.3. The zero-order chi connectivity index (χ0) is 33.0. The molecule has 8 aromatic rings. The highest BCUT2D eigenvalue weighted by atomic mass is 16.4. The van der Waals surface area contributed by atoms with E-state index in [1.165, 1.54) is 0 Å². The lowest BCUT2D eigenvalue weighted by Crippen LogP contribution is -2.02. The minimum absolute atomic E-state index is 0.436. The maximum Gasteiger partial charge on any atom is 0.248 e. The van der Waals surface area contributed by atoms with Crippen LogP contribution in [0.15, 0.2) is 162 Å². The van der Waals surface area contributed by atoms with Gasteiger partial charge in [0.2, 0.25) is 11.8 Å². The first-order valence-electron chi connectivity index (χ1n) is 15.7. The molecule has 0 saturated heterocycles. The van der Waals surface area contributed by atoms with E-state index >= 15 is 0 Å². The summed E-state index contributed by atoms with van der Waals surface area (Å²) in [6.07, 6.45) is 0. The molecule has 0 amide bonds. The van der Waals surface area contributed by atoms with Gasteiger partial charge in [0.15, 0.2) is 17.5 Å². The lowest BCUT2D eigenvalue weighted by Gasteiger charge is -2.14. The average Bonchev–Trinajstić information content (AvgIpc) is 3.69. The first-order chi connectivity index (χ1) is 24.2. The van der Waals surface area contributed by atoms with Crippen LogP contribution in [0.5, 0.6) is 0 Å². The third kappa shape index (κ3) is 5.98. The van der Waals surface area contributed by atoms with E-state index in [1.54, 1.807) is 0 Å². The van der Waals surface area contributed by atoms with Crippen molar-refractivity contribution in [2.75, 3.05) is 0 Å². The first-order valence-corrected chi connectivity index (χ1v) is 15.7. The molecule has 0 saturated carbocycles. The fourth-order valence-corrected chi connectivity index (χ4v) is 5.77. The quantitative estimate of drug-likeness (QED) is 0.173. The van der Waals surface area contributed by atoms with Gasteiger partial charge in [0.05, 0.1) is 11.6 Å². The third-order valence-electron chi connectivity index (χ3n) is 8.19. The molecular weight excluding hydrogens is 605 g/mol. The molecule has 7 nitrogen and oxygen atoms in total. The Balaban J connectivity index is 1.25. The summed E-state index contributed by atoms with van der Waals surface area (Å²) in [4.78, 5) is 15.1. The normalized spacial score (nSPS) is 10.8. The number of hydrogen-bond donors (Lipinski definition) is 0. The van der Waals surface area contributed by atoms with Crippen LogP contribution in [-0.2, 0) is 0 Å². The summed E-state index contributed by atoms with van der Waals surface area (Å²) in [6.45, 7) is 0. The number of aromatic nitrogens is 5. The minimum atomic E-state index is 0.436. The molecule has 0 unspecified atom stereocenters. The van der Waals surface area contributed by atoms with Crippen LogP contribution in [-0.4, -0.2) is 25.1 Å². The predicted molar refractivity (Wildman–Crippen MR) is 190 cm³/mol. The van der Waals surface area contributed by atoms with Gasteiger partial charge in [0.25, 0.3) is 0 Å². The van der Waals surface area contributed by atoms with Gasteiger partial charge in [0.1, 0.15) is 0 Å². The Morgan fingerprint density at radius 3 is 1.47 bits per heavy atom. The molecule has 0 spiro atoms. The molecule has 0 aliphatic heterocycles.